The minimum absolute atomic E-state index is 0.191. The van der Waals surface area contributed by atoms with E-state index in [2.05, 4.69) is 6.58 Å². The van der Waals surface area contributed by atoms with Gasteiger partial charge < -0.3 is 14.7 Å². The molecular formula is C16H27NO4. The van der Waals surface area contributed by atoms with Gasteiger partial charge in [-0.05, 0) is 46.5 Å². The van der Waals surface area contributed by atoms with Crippen molar-refractivity contribution in [1.29, 1.82) is 0 Å². The van der Waals surface area contributed by atoms with Crippen LogP contribution < -0.4 is 0 Å². The molecule has 0 radical (unpaired) electrons. The number of amides is 1. The van der Waals surface area contributed by atoms with Crippen molar-refractivity contribution in [2.24, 2.45) is 5.41 Å². The molecule has 5 heteroatoms. The average Bonchev–Trinajstić information content (AvgIpc) is 2.36. The van der Waals surface area contributed by atoms with Crippen molar-refractivity contribution in [3.63, 3.8) is 0 Å². The van der Waals surface area contributed by atoms with Crippen LogP contribution in [0, 0.1) is 5.41 Å². The third-order valence-corrected chi connectivity index (χ3v) is 3.77. The molecule has 0 spiro atoms. The van der Waals surface area contributed by atoms with Crippen LogP contribution in [0.4, 0.5) is 4.79 Å². The predicted octanol–water partition coefficient (Wildman–Crippen LogP) is 3.44. The minimum Gasteiger partial charge on any atom is -0.481 e. The fourth-order valence-corrected chi connectivity index (χ4v) is 2.61. The first-order chi connectivity index (χ1) is 9.59. The van der Waals surface area contributed by atoms with E-state index in [9.17, 15) is 14.7 Å². The van der Waals surface area contributed by atoms with Crippen molar-refractivity contribution in [2.45, 2.75) is 59.0 Å². The van der Waals surface area contributed by atoms with Crippen LogP contribution in [-0.4, -0.2) is 40.8 Å². The van der Waals surface area contributed by atoms with Gasteiger partial charge in [0.2, 0.25) is 0 Å². The lowest BCUT2D eigenvalue weighted by Gasteiger charge is -2.40. The summed E-state index contributed by atoms with van der Waals surface area (Å²) in [5, 5.41) is 9.65. The molecule has 1 N–H and O–H groups in total. The van der Waals surface area contributed by atoms with Gasteiger partial charge in [0.25, 0.3) is 0 Å². The number of carboxylic acid groups (broad SMARTS) is 1. The van der Waals surface area contributed by atoms with Crippen LogP contribution in [0.5, 0.6) is 0 Å². The normalized spacial score (nSPS) is 22.8. The number of likely N-dealkylation sites (tertiary alicyclic amines) is 1. The Hall–Kier alpha value is -1.52. The van der Waals surface area contributed by atoms with Crippen molar-refractivity contribution in [3.8, 4) is 0 Å². The summed E-state index contributed by atoms with van der Waals surface area (Å²) in [7, 11) is 0. The van der Waals surface area contributed by atoms with Crippen LogP contribution in [0.2, 0.25) is 0 Å². The Morgan fingerprint density at radius 2 is 2.00 bits per heavy atom. The quantitative estimate of drug-likeness (QED) is 0.807. The van der Waals surface area contributed by atoms with Gasteiger partial charge >= 0.3 is 12.1 Å². The van der Waals surface area contributed by atoms with E-state index in [1.165, 1.54) is 4.90 Å². The molecule has 5 nitrogen and oxygen atoms in total. The van der Waals surface area contributed by atoms with E-state index in [4.69, 9.17) is 4.74 Å². The molecule has 1 rings (SSSR count). The van der Waals surface area contributed by atoms with Gasteiger partial charge in [-0.2, -0.15) is 0 Å². The largest absolute Gasteiger partial charge is 0.481 e. The topological polar surface area (TPSA) is 66.8 Å². The zero-order valence-electron chi connectivity index (χ0n) is 13.6. The smallest absolute Gasteiger partial charge is 0.410 e. The third-order valence-electron chi connectivity index (χ3n) is 3.77. The van der Waals surface area contributed by atoms with Gasteiger partial charge in [0.05, 0.1) is 5.41 Å². The average molecular weight is 297 g/mol. The molecule has 0 aromatic rings. The molecule has 1 unspecified atom stereocenters. The number of carbonyl (C=O) groups excluding carboxylic acids is 1. The van der Waals surface area contributed by atoms with Crippen LogP contribution >= 0.6 is 0 Å². The third kappa shape index (κ3) is 4.76. The van der Waals surface area contributed by atoms with Gasteiger partial charge in [-0.1, -0.05) is 19.1 Å². The molecule has 0 aromatic carbocycles. The highest BCUT2D eigenvalue weighted by Crippen LogP contribution is 2.37. The Morgan fingerprint density at radius 3 is 2.48 bits per heavy atom. The van der Waals surface area contributed by atoms with E-state index in [0.717, 1.165) is 12.0 Å². The second kappa shape index (κ2) is 6.50. The molecule has 1 saturated heterocycles. The highest BCUT2D eigenvalue weighted by Gasteiger charge is 2.44. The minimum atomic E-state index is -0.928. The van der Waals surface area contributed by atoms with Gasteiger partial charge in [-0.15, -0.1) is 0 Å². The van der Waals surface area contributed by atoms with Gasteiger partial charge in [0, 0.05) is 13.1 Å². The maximum atomic E-state index is 12.2. The summed E-state index contributed by atoms with van der Waals surface area (Å²) < 4.78 is 5.35. The van der Waals surface area contributed by atoms with Gasteiger partial charge in [0.15, 0.2) is 0 Å². The molecule has 0 bridgehead atoms. The molecule has 120 valence electrons. The van der Waals surface area contributed by atoms with E-state index in [1.807, 2.05) is 6.92 Å². The number of carbonyl (C=O) groups is 2. The number of aliphatic carboxylic acids is 1. The van der Waals surface area contributed by atoms with E-state index >= 15 is 0 Å². The lowest BCUT2D eigenvalue weighted by atomic mass is 9.75. The van der Waals surface area contributed by atoms with Gasteiger partial charge in [-0.3, -0.25) is 4.79 Å². The first kappa shape index (κ1) is 17.5. The number of carboxylic acids is 1. The Bertz CT molecular complexity index is 424. The Kier molecular flexibility index (Phi) is 5.42. The Morgan fingerprint density at radius 1 is 1.38 bits per heavy atom. The summed E-state index contributed by atoms with van der Waals surface area (Å²) in [6.07, 6.45) is 1.97. The van der Waals surface area contributed by atoms with Crippen LogP contribution in [0.25, 0.3) is 0 Å². The molecule has 1 aliphatic rings. The van der Waals surface area contributed by atoms with Gasteiger partial charge in [-0.25, -0.2) is 4.79 Å². The highest BCUT2D eigenvalue weighted by molar-refractivity contribution is 5.77. The van der Waals surface area contributed by atoms with E-state index in [1.54, 1.807) is 20.8 Å². The standard InChI is InChI=1S/C16H27NO4/c1-6-12(2)10-16(13(18)19)8-7-9-17(11-16)14(20)21-15(3,4)5/h2,6-11H2,1,3-5H3,(H,18,19). The number of hydrogen-bond acceptors (Lipinski definition) is 3. The Labute approximate surface area is 127 Å². The fraction of sp³-hybridized carbons (Fsp3) is 0.750. The molecule has 1 atom stereocenters. The Balaban J connectivity index is 2.86. The number of rotatable bonds is 4. The SMILES string of the molecule is C=C(CC)CC1(C(=O)O)CCCN(C(=O)OC(C)(C)C)C1. The fourth-order valence-electron chi connectivity index (χ4n) is 2.61. The van der Waals surface area contributed by atoms with Crippen LogP contribution in [0.3, 0.4) is 0 Å². The van der Waals surface area contributed by atoms with Gasteiger partial charge in [0.1, 0.15) is 5.60 Å². The van der Waals surface area contributed by atoms with Crippen LogP contribution in [-0.2, 0) is 9.53 Å². The first-order valence-corrected chi connectivity index (χ1v) is 7.47. The second-order valence-electron chi connectivity index (χ2n) is 6.87. The zero-order chi connectivity index (χ0) is 16.3. The lowest BCUT2D eigenvalue weighted by molar-refractivity contribution is -0.152. The second-order valence-corrected chi connectivity index (χ2v) is 6.87. The van der Waals surface area contributed by atoms with Crippen molar-refractivity contribution < 1.29 is 19.4 Å². The van der Waals surface area contributed by atoms with E-state index in [-0.39, 0.29) is 6.54 Å². The molecule has 0 aromatic heterocycles. The summed E-state index contributed by atoms with van der Waals surface area (Å²) in [6, 6.07) is 0. The molecular weight excluding hydrogens is 270 g/mol. The highest BCUT2D eigenvalue weighted by atomic mass is 16.6. The molecule has 21 heavy (non-hydrogen) atoms. The molecule has 0 saturated carbocycles. The summed E-state index contributed by atoms with van der Waals surface area (Å²) in [4.78, 5) is 25.4. The molecule has 1 heterocycles. The number of allylic oxidation sites excluding steroid dienone is 1. The number of hydrogen-bond donors (Lipinski definition) is 1. The van der Waals surface area contributed by atoms with E-state index < -0.39 is 23.1 Å². The zero-order valence-corrected chi connectivity index (χ0v) is 13.6. The maximum absolute atomic E-state index is 12.2. The number of nitrogens with zero attached hydrogens (tertiary/aromatic N) is 1. The molecule has 1 aliphatic heterocycles. The lowest BCUT2D eigenvalue weighted by Crippen LogP contribution is -2.51. The monoisotopic (exact) mass is 297 g/mol. The molecule has 1 fully saturated rings. The van der Waals surface area contributed by atoms with Crippen molar-refractivity contribution in [1.82, 2.24) is 4.90 Å². The summed E-state index contributed by atoms with van der Waals surface area (Å²) in [6.45, 7) is 12.0. The summed E-state index contributed by atoms with van der Waals surface area (Å²) in [5.41, 5.74) is -0.598. The molecule has 0 aliphatic carbocycles. The number of ether oxygens (including phenoxy) is 1. The van der Waals surface area contributed by atoms with Crippen molar-refractivity contribution >= 4 is 12.1 Å². The van der Waals surface area contributed by atoms with Crippen molar-refractivity contribution in [3.05, 3.63) is 12.2 Å². The predicted molar refractivity (Wildman–Crippen MR) is 81.2 cm³/mol. The summed E-state index contributed by atoms with van der Waals surface area (Å²) in [5.74, 6) is -0.856. The maximum Gasteiger partial charge on any atom is 0.410 e. The first-order valence-electron chi connectivity index (χ1n) is 7.47. The summed E-state index contributed by atoms with van der Waals surface area (Å²) >= 11 is 0. The number of piperidine rings is 1. The van der Waals surface area contributed by atoms with Crippen LogP contribution in [0.1, 0.15) is 53.4 Å². The van der Waals surface area contributed by atoms with Crippen LogP contribution in [0.15, 0.2) is 12.2 Å². The molecule has 1 amide bonds. The van der Waals surface area contributed by atoms with Crippen molar-refractivity contribution in [2.75, 3.05) is 13.1 Å². The van der Waals surface area contributed by atoms with E-state index in [0.29, 0.717) is 25.8 Å².